The van der Waals surface area contributed by atoms with Crippen molar-refractivity contribution in [3.8, 4) is 0 Å². The molecule has 0 saturated carbocycles. The molecule has 0 fully saturated rings. The zero-order valence-corrected chi connectivity index (χ0v) is 13.4. The van der Waals surface area contributed by atoms with Crippen LogP contribution in [0.25, 0.3) is 10.9 Å². The van der Waals surface area contributed by atoms with E-state index < -0.39 is 0 Å². The van der Waals surface area contributed by atoms with Crippen LogP contribution in [0.3, 0.4) is 0 Å². The number of aromatic nitrogens is 2. The molecule has 106 valence electrons. The Hall–Kier alpha value is -2.14. The number of nitrogens with one attached hydrogen (secondary N) is 1. The minimum absolute atomic E-state index is 0.805. The van der Waals surface area contributed by atoms with Crippen LogP contribution in [0, 0.1) is 0 Å². The van der Waals surface area contributed by atoms with Crippen molar-refractivity contribution in [3.63, 3.8) is 0 Å². The maximum atomic E-state index is 4.35. The van der Waals surface area contributed by atoms with E-state index in [1.165, 1.54) is 0 Å². The average Bonchev–Trinajstić information content (AvgIpc) is 2.49. The predicted molar refractivity (Wildman–Crippen MR) is 91.3 cm³/mol. The Morgan fingerprint density at radius 3 is 2.48 bits per heavy atom. The van der Waals surface area contributed by atoms with E-state index in [1.54, 1.807) is 6.33 Å². The summed E-state index contributed by atoms with van der Waals surface area (Å²) >= 11 is 3.52. The number of hydrogen-bond acceptors (Lipinski definition) is 4. The summed E-state index contributed by atoms with van der Waals surface area (Å²) < 4.78 is 0.966. The largest absolute Gasteiger partial charge is 0.378 e. The lowest BCUT2D eigenvalue weighted by atomic mass is 10.2. The monoisotopic (exact) mass is 342 g/mol. The topological polar surface area (TPSA) is 41.0 Å². The summed E-state index contributed by atoms with van der Waals surface area (Å²) in [7, 11) is 4.05. The lowest BCUT2D eigenvalue weighted by Gasteiger charge is -2.13. The third-order valence-electron chi connectivity index (χ3n) is 3.26. The predicted octanol–water partition coefficient (Wildman–Crippen LogP) is 4.20. The second-order valence-electron chi connectivity index (χ2n) is 4.92. The molecule has 0 radical (unpaired) electrons. The lowest BCUT2D eigenvalue weighted by Crippen LogP contribution is -2.08. The number of benzene rings is 2. The standard InChI is InChI=1S/C16H15BrN4/c1-21(2)12-8-6-11(7-9-12)20-16-13-4-3-5-14(17)15(13)18-10-19-16/h3-10H,1-2H3,(H,18,19,20). The second-order valence-corrected chi connectivity index (χ2v) is 5.78. The van der Waals surface area contributed by atoms with Gasteiger partial charge in [-0.05, 0) is 52.3 Å². The van der Waals surface area contributed by atoms with Gasteiger partial charge in [0.2, 0.25) is 0 Å². The summed E-state index contributed by atoms with van der Waals surface area (Å²) in [6, 6.07) is 14.2. The van der Waals surface area contributed by atoms with Crippen LogP contribution in [0.15, 0.2) is 53.3 Å². The van der Waals surface area contributed by atoms with Crippen molar-refractivity contribution >= 4 is 44.0 Å². The first-order chi connectivity index (χ1) is 10.1. The minimum atomic E-state index is 0.805. The fourth-order valence-electron chi connectivity index (χ4n) is 2.13. The molecule has 0 amide bonds. The second kappa shape index (κ2) is 5.69. The van der Waals surface area contributed by atoms with E-state index in [2.05, 4.69) is 48.2 Å². The Kier molecular flexibility index (Phi) is 3.75. The van der Waals surface area contributed by atoms with Crippen LogP contribution in [0.2, 0.25) is 0 Å². The molecule has 2 aromatic carbocycles. The molecule has 0 aliphatic heterocycles. The van der Waals surface area contributed by atoms with Gasteiger partial charge in [-0.1, -0.05) is 6.07 Å². The number of anilines is 3. The molecule has 5 heteroatoms. The van der Waals surface area contributed by atoms with E-state index in [4.69, 9.17) is 0 Å². The smallest absolute Gasteiger partial charge is 0.141 e. The normalized spacial score (nSPS) is 10.6. The van der Waals surface area contributed by atoms with Crippen LogP contribution in [-0.4, -0.2) is 24.1 Å². The van der Waals surface area contributed by atoms with Crippen molar-refractivity contribution in [2.45, 2.75) is 0 Å². The number of nitrogens with zero attached hydrogens (tertiary/aromatic N) is 3. The molecule has 3 rings (SSSR count). The zero-order chi connectivity index (χ0) is 14.8. The molecule has 0 bridgehead atoms. The summed E-state index contributed by atoms with van der Waals surface area (Å²) in [5.74, 6) is 0.805. The highest BCUT2D eigenvalue weighted by Crippen LogP contribution is 2.28. The summed E-state index contributed by atoms with van der Waals surface area (Å²) in [4.78, 5) is 10.7. The number of rotatable bonds is 3. The van der Waals surface area contributed by atoms with E-state index in [0.29, 0.717) is 0 Å². The Labute approximate surface area is 132 Å². The number of halogens is 1. The molecule has 1 heterocycles. The molecule has 0 saturated heterocycles. The maximum Gasteiger partial charge on any atom is 0.141 e. The van der Waals surface area contributed by atoms with Crippen molar-refractivity contribution in [2.75, 3.05) is 24.3 Å². The number of fused-ring (bicyclic) bond motifs is 1. The van der Waals surface area contributed by atoms with Crippen LogP contribution in [0.5, 0.6) is 0 Å². The van der Waals surface area contributed by atoms with Crippen molar-refractivity contribution in [2.24, 2.45) is 0 Å². The van der Waals surface area contributed by atoms with Crippen molar-refractivity contribution < 1.29 is 0 Å². The fraction of sp³-hybridized carbons (Fsp3) is 0.125. The van der Waals surface area contributed by atoms with Gasteiger partial charge in [0.15, 0.2) is 0 Å². The van der Waals surface area contributed by atoms with Crippen molar-refractivity contribution in [1.29, 1.82) is 0 Å². The molecule has 1 aromatic heterocycles. The summed E-state index contributed by atoms with van der Waals surface area (Å²) in [5.41, 5.74) is 3.07. The first kappa shape index (κ1) is 13.8. The lowest BCUT2D eigenvalue weighted by molar-refractivity contribution is 1.13. The van der Waals surface area contributed by atoms with Gasteiger partial charge in [-0.3, -0.25) is 0 Å². The summed E-state index contributed by atoms with van der Waals surface area (Å²) in [6.07, 6.45) is 1.57. The Balaban J connectivity index is 1.96. The summed E-state index contributed by atoms with van der Waals surface area (Å²) in [5, 5.41) is 4.34. The van der Waals surface area contributed by atoms with Crippen molar-refractivity contribution in [1.82, 2.24) is 9.97 Å². The van der Waals surface area contributed by atoms with Gasteiger partial charge in [0, 0.05) is 35.3 Å². The number of para-hydroxylation sites is 1. The zero-order valence-electron chi connectivity index (χ0n) is 11.8. The molecule has 4 nitrogen and oxygen atoms in total. The highest BCUT2D eigenvalue weighted by Gasteiger charge is 2.06. The van der Waals surface area contributed by atoms with E-state index in [-0.39, 0.29) is 0 Å². The molecular formula is C16H15BrN4. The van der Waals surface area contributed by atoms with Crippen LogP contribution in [0.1, 0.15) is 0 Å². The third kappa shape index (κ3) is 2.83. The highest BCUT2D eigenvalue weighted by atomic mass is 79.9. The molecular weight excluding hydrogens is 328 g/mol. The molecule has 1 N–H and O–H groups in total. The number of hydrogen-bond donors (Lipinski definition) is 1. The van der Waals surface area contributed by atoms with E-state index in [0.717, 1.165) is 32.6 Å². The highest BCUT2D eigenvalue weighted by molar-refractivity contribution is 9.10. The molecule has 0 spiro atoms. The molecule has 3 aromatic rings. The Bertz CT molecular complexity index is 769. The Morgan fingerprint density at radius 1 is 1.00 bits per heavy atom. The molecule has 0 atom stereocenters. The van der Waals surface area contributed by atoms with Gasteiger partial charge in [-0.15, -0.1) is 0 Å². The first-order valence-corrected chi connectivity index (χ1v) is 7.38. The first-order valence-electron chi connectivity index (χ1n) is 6.59. The van der Waals surface area contributed by atoms with Gasteiger partial charge < -0.3 is 10.2 Å². The average molecular weight is 343 g/mol. The molecule has 21 heavy (non-hydrogen) atoms. The third-order valence-corrected chi connectivity index (χ3v) is 3.90. The fourth-order valence-corrected chi connectivity index (χ4v) is 2.60. The van der Waals surface area contributed by atoms with Gasteiger partial charge in [0.25, 0.3) is 0 Å². The Morgan fingerprint density at radius 2 is 1.76 bits per heavy atom. The van der Waals surface area contributed by atoms with Crippen molar-refractivity contribution in [3.05, 3.63) is 53.3 Å². The van der Waals surface area contributed by atoms with Gasteiger partial charge in [0.05, 0.1) is 5.52 Å². The van der Waals surface area contributed by atoms with E-state index in [9.17, 15) is 0 Å². The van der Waals surface area contributed by atoms with Gasteiger partial charge in [0.1, 0.15) is 12.1 Å². The molecule has 0 unspecified atom stereocenters. The quantitative estimate of drug-likeness (QED) is 0.774. The van der Waals surface area contributed by atoms with Gasteiger partial charge >= 0.3 is 0 Å². The van der Waals surface area contributed by atoms with Crippen LogP contribution in [0.4, 0.5) is 17.2 Å². The summed E-state index contributed by atoms with van der Waals surface area (Å²) in [6.45, 7) is 0. The maximum absolute atomic E-state index is 4.35. The minimum Gasteiger partial charge on any atom is -0.378 e. The van der Waals surface area contributed by atoms with Gasteiger partial charge in [-0.25, -0.2) is 9.97 Å². The van der Waals surface area contributed by atoms with Crippen LogP contribution >= 0.6 is 15.9 Å². The van der Waals surface area contributed by atoms with Gasteiger partial charge in [-0.2, -0.15) is 0 Å². The van der Waals surface area contributed by atoms with E-state index >= 15 is 0 Å². The van der Waals surface area contributed by atoms with E-state index in [1.807, 2.05) is 44.4 Å². The van der Waals surface area contributed by atoms with Crippen LogP contribution in [-0.2, 0) is 0 Å². The molecule has 0 aliphatic carbocycles. The SMILES string of the molecule is CN(C)c1ccc(Nc2ncnc3c(Br)cccc23)cc1. The molecule has 0 aliphatic rings. The van der Waals surface area contributed by atoms with Crippen LogP contribution < -0.4 is 10.2 Å².